The van der Waals surface area contributed by atoms with Crippen molar-refractivity contribution in [3.8, 4) is 0 Å². The molecule has 1 aromatic carbocycles. The predicted molar refractivity (Wildman–Crippen MR) is 91.4 cm³/mol. The second-order valence-electron chi connectivity index (χ2n) is 6.11. The second-order valence-corrected chi connectivity index (χ2v) is 7.39. The molecule has 0 aliphatic rings. The first kappa shape index (κ1) is 16.6. The molecule has 1 aromatic heterocycles. The number of nitrogens with one attached hydrogen (secondary N) is 1. The largest absolute Gasteiger partial charge is 0.359 e. The van der Waals surface area contributed by atoms with Crippen LogP contribution in [-0.2, 0) is 11.2 Å². The Morgan fingerprint density at radius 2 is 1.95 bits per heavy atom. The lowest BCUT2D eigenvalue weighted by molar-refractivity contribution is 0.102. The highest BCUT2D eigenvalue weighted by molar-refractivity contribution is 7.98. The summed E-state index contributed by atoms with van der Waals surface area (Å²) in [5.74, 6) is 3.07. The van der Waals surface area contributed by atoms with Crippen LogP contribution in [-0.4, -0.2) is 16.8 Å². The van der Waals surface area contributed by atoms with Crippen molar-refractivity contribution >= 4 is 23.5 Å². The number of thioether (sulfide) groups is 1. The molecule has 1 heterocycles. The molecule has 0 unspecified atom stereocenters. The van der Waals surface area contributed by atoms with Gasteiger partial charge in [0.2, 0.25) is 0 Å². The number of amides is 1. The van der Waals surface area contributed by atoms with Crippen LogP contribution >= 0.6 is 11.8 Å². The van der Waals surface area contributed by atoms with Crippen molar-refractivity contribution in [2.75, 3.05) is 11.1 Å². The summed E-state index contributed by atoms with van der Waals surface area (Å²) < 4.78 is 5.26. The fourth-order valence-electron chi connectivity index (χ4n) is 1.85. The molecule has 0 aliphatic heterocycles. The van der Waals surface area contributed by atoms with Gasteiger partial charge in [-0.2, -0.15) is 11.8 Å². The molecule has 0 spiro atoms. The maximum atomic E-state index is 12.2. The molecule has 0 saturated heterocycles. The molecule has 1 N–H and O–H groups in total. The summed E-state index contributed by atoms with van der Waals surface area (Å²) in [7, 11) is 0. The van der Waals surface area contributed by atoms with Gasteiger partial charge in [-0.1, -0.05) is 45.0 Å². The van der Waals surface area contributed by atoms with E-state index in [1.165, 1.54) is 5.56 Å². The minimum absolute atomic E-state index is 0.130. The summed E-state index contributed by atoms with van der Waals surface area (Å²) in [6.07, 6.45) is 0. The number of hydrogen-bond donors (Lipinski definition) is 1. The number of carbonyl (C=O) groups excluding carboxylic acids is 1. The topological polar surface area (TPSA) is 55.1 Å². The molecule has 118 valence electrons. The van der Waals surface area contributed by atoms with Gasteiger partial charge in [0.1, 0.15) is 5.76 Å². The lowest BCUT2D eigenvalue weighted by atomic mass is 9.93. The van der Waals surface area contributed by atoms with Gasteiger partial charge in [0.15, 0.2) is 5.82 Å². The van der Waals surface area contributed by atoms with Gasteiger partial charge in [0.25, 0.3) is 5.91 Å². The Labute approximate surface area is 135 Å². The zero-order chi connectivity index (χ0) is 16.2. The molecule has 0 fully saturated rings. The van der Waals surface area contributed by atoms with E-state index in [4.69, 9.17) is 4.52 Å². The fraction of sp³-hybridized carbons (Fsp3) is 0.412. The van der Waals surface area contributed by atoms with E-state index in [0.29, 0.717) is 11.4 Å². The van der Waals surface area contributed by atoms with Crippen LogP contribution < -0.4 is 5.32 Å². The summed E-state index contributed by atoms with van der Waals surface area (Å²) in [5.41, 5.74) is 1.71. The summed E-state index contributed by atoms with van der Waals surface area (Å²) in [4.78, 5) is 12.2. The minimum Gasteiger partial charge on any atom is -0.359 e. The first-order chi connectivity index (χ1) is 10.4. The Kier molecular flexibility index (Phi) is 5.29. The molecule has 0 bridgehead atoms. The Bertz CT molecular complexity index is 627. The SMILES string of the molecule is CCSCc1ccc(C(=O)Nc2cc(C(C)(C)C)on2)cc1. The first-order valence-electron chi connectivity index (χ1n) is 7.35. The molecule has 4 nitrogen and oxygen atoms in total. The molecular formula is C17H22N2O2S. The minimum atomic E-state index is -0.177. The zero-order valence-electron chi connectivity index (χ0n) is 13.5. The molecule has 2 aromatic rings. The van der Waals surface area contributed by atoms with Crippen LogP contribution in [0.5, 0.6) is 0 Å². The summed E-state index contributed by atoms with van der Waals surface area (Å²) in [6, 6.07) is 9.42. The molecule has 22 heavy (non-hydrogen) atoms. The number of carbonyl (C=O) groups is 1. The van der Waals surface area contributed by atoms with Crippen molar-refractivity contribution in [3.63, 3.8) is 0 Å². The van der Waals surface area contributed by atoms with Crippen LogP contribution in [0.15, 0.2) is 34.9 Å². The molecular weight excluding hydrogens is 296 g/mol. The monoisotopic (exact) mass is 318 g/mol. The highest BCUT2D eigenvalue weighted by Crippen LogP contribution is 2.24. The molecule has 2 rings (SSSR count). The number of rotatable bonds is 5. The lowest BCUT2D eigenvalue weighted by Crippen LogP contribution is -2.12. The average Bonchev–Trinajstić information content (AvgIpc) is 2.94. The Hall–Kier alpha value is -1.75. The Morgan fingerprint density at radius 1 is 1.27 bits per heavy atom. The van der Waals surface area contributed by atoms with Crippen LogP contribution in [0, 0.1) is 0 Å². The van der Waals surface area contributed by atoms with E-state index < -0.39 is 0 Å². The third-order valence-electron chi connectivity index (χ3n) is 3.18. The zero-order valence-corrected chi connectivity index (χ0v) is 14.3. The van der Waals surface area contributed by atoms with E-state index in [1.807, 2.05) is 56.8 Å². The van der Waals surface area contributed by atoms with Crippen LogP contribution in [0.2, 0.25) is 0 Å². The smallest absolute Gasteiger partial charge is 0.256 e. The number of aromatic nitrogens is 1. The van der Waals surface area contributed by atoms with Crippen molar-refractivity contribution in [1.29, 1.82) is 0 Å². The number of anilines is 1. The number of nitrogens with zero attached hydrogens (tertiary/aromatic N) is 1. The maximum absolute atomic E-state index is 12.2. The van der Waals surface area contributed by atoms with Gasteiger partial charge in [-0.25, -0.2) is 0 Å². The fourth-order valence-corrected chi connectivity index (χ4v) is 2.48. The van der Waals surface area contributed by atoms with Crippen LogP contribution in [0.4, 0.5) is 5.82 Å². The average molecular weight is 318 g/mol. The van der Waals surface area contributed by atoms with Gasteiger partial charge in [-0.05, 0) is 23.4 Å². The molecule has 0 saturated carbocycles. The first-order valence-corrected chi connectivity index (χ1v) is 8.51. The van der Waals surface area contributed by atoms with Crippen LogP contribution in [0.3, 0.4) is 0 Å². The van der Waals surface area contributed by atoms with Gasteiger partial charge in [-0.15, -0.1) is 0 Å². The van der Waals surface area contributed by atoms with Gasteiger partial charge < -0.3 is 9.84 Å². The molecule has 1 amide bonds. The molecule has 5 heteroatoms. The maximum Gasteiger partial charge on any atom is 0.256 e. The lowest BCUT2D eigenvalue weighted by Gasteiger charge is -2.12. The standard InChI is InChI=1S/C17H22N2O2S/c1-5-22-11-12-6-8-13(9-7-12)16(20)18-15-10-14(21-19-15)17(2,3)4/h6-10H,5,11H2,1-4H3,(H,18,19,20). The van der Waals surface area contributed by atoms with Crippen molar-refractivity contribution < 1.29 is 9.32 Å². The van der Waals surface area contributed by atoms with E-state index in [0.717, 1.165) is 17.3 Å². The van der Waals surface area contributed by atoms with Crippen molar-refractivity contribution in [1.82, 2.24) is 5.16 Å². The quantitative estimate of drug-likeness (QED) is 0.883. The third kappa shape index (κ3) is 4.37. The Balaban J connectivity index is 2.01. The van der Waals surface area contributed by atoms with E-state index in [9.17, 15) is 4.79 Å². The molecule has 0 atom stereocenters. The van der Waals surface area contributed by atoms with Gasteiger partial charge in [0.05, 0.1) is 0 Å². The summed E-state index contributed by atoms with van der Waals surface area (Å²) in [5, 5.41) is 6.66. The van der Waals surface area contributed by atoms with Crippen molar-refractivity contribution in [2.24, 2.45) is 0 Å². The number of benzene rings is 1. The van der Waals surface area contributed by atoms with E-state index in [2.05, 4.69) is 17.4 Å². The van der Waals surface area contributed by atoms with E-state index in [1.54, 1.807) is 6.07 Å². The van der Waals surface area contributed by atoms with Gasteiger partial charge in [-0.3, -0.25) is 4.79 Å². The van der Waals surface area contributed by atoms with Gasteiger partial charge >= 0.3 is 0 Å². The highest BCUT2D eigenvalue weighted by atomic mass is 32.2. The highest BCUT2D eigenvalue weighted by Gasteiger charge is 2.20. The summed E-state index contributed by atoms with van der Waals surface area (Å²) >= 11 is 1.86. The summed E-state index contributed by atoms with van der Waals surface area (Å²) in [6.45, 7) is 8.24. The van der Waals surface area contributed by atoms with Crippen LogP contribution in [0.1, 0.15) is 49.4 Å². The van der Waals surface area contributed by atoms with Crippen molar-refractivity contribution in [2.45, 2.75) is 38.9 Å². The third-order valence-corrected chi connectivity index (χ3v) is 4.13. The van der Waals surface area contributed by atoms with Gasteiger partial charge in [0, 0.05) is 22.8 Å². The van der Waals surface area contributed by atoms with Crippen LogP contribution in [0.25, 0.3) is 0 Å². The van der Waals surface area contributed by atoms with Crippen molar-refractivity contribution in [3.05, 3.63) is 47.2 Å². The predicted octanol–water partition coefficient (Wildman–Crippen LogP) is 4.48. The second kappa shape index (κ2) is 7.01. The van der Waals surface area contributed by atoms with E-state index in [-0.39, 0.29) is 11.3 Å². The normalized spacial score (nSPS) is 11.5. The number of hydrogen-bond acceptors (Lipinski definition) is 4. The Morgan fingerprint density at radius 3 is 2.50 bits per heavy atom. The van der Waals surface area contributed by atoms with E-state index >= 15 is 0 Å². The molecule has 0 radical (unpaired) electrons. The molecule has 0 aliphatic carbocycles.